The van der Waals surface area contributed by atoms with Crippen molar-refractivity contribution in [3.63, 3.8) is 0 Å². The van der Waals surface area contributed by atoms with Gasteiger partial charge in [0.2, 0.25) is 5.91 Å². The van der Waals surface area contributed by atoms with E-state index in [0.29, 0.717) is 10.8 Å². The molecule has 0 radical (unpaired) electrons. The van der Waals surface area contributed by atoms with Crippen LogP contribution in [0.1, 0.15) is 32.0 Å². The van der Waals surface area contributed by atoms with Gasteiger partial charge in [0.25, 0.3) is 0 Å². The second-order valence-corrected chi connectivity index (χ2v) is 7.94. The maximum Gasteiger partial charge on any atom is 0.416 e. The Morgan fingerprint density at radius 2 is 2.00 bits per heavy atom. The van der Waals surface area contributed by atoms with E-state index >= 15 is 0 Å². The minimum Gasteiger partial charge on any atom is -0.466 e. The van der Waals surface area contributed by atoms with E-state index in [1.54, 1.807) is 26.2 Å². The molecular weight excluding hydrogens is 443 g/mol. The number of esters is 1. The Hall–Kier alpha value is -2.33. The number of rotatable bonds is 8. The Morgan fingerprint density at radius 3 is 2.57 bits per heavy atom. The number of aromatic nitrogens is 1. The van der Waals surface area contributed by atoms with Crippen molar-refractivity contribution in [2.45, 2.75) is 39.4 Å². The molecule has 0 aliphatic rings. The first-order chi connectivity index (χ1) is 14.0. The molecule has 11 heteroatoms. The summed E-state index contributed by atoms with van der Waals surface area (Å²) in [7, 11) is 0. The average molecular weight is 464 g/mol. The number of thiazole rings is 1. The lowest BCUT2D eigenvalue weighted by Gasteiger charge is -2.23. The fourth-order valence-corrected chi connectivity index (χ4v) is 3.45. The zero-order valence-corrected chi connectivity index (χ0v) is 18.0. The highest BCUT2D eigenvalue weighted by molar-refractivity contribution is 7.13. The second-order valence-electron chi connectivity index (χ2n) is 6.67. The number of nitrogens with zero attached hydrogens (tertiary/aromatic N) is 1. The predicted molar refractivity (Wildman–Crippen MR) is 110 cm³/mol. The maximum atomic E-state index is 12.8. The molecule has 0 spiro atoms. The number of hydrogen-bond acceptors (Lipinski definition) is 6. The number of carbonyl (C=O) groups excluding carboxylic acids is 2. The van der Waals surface area contributed by atoms with Crippen LogP contribution in [-0.4, -0.2) is 29.5 Å². The van der Waals surface area contributed by atoms with Crippen molar-refractivity contribution < 1.29 is 27.5 Å². The number of benzene rings is 1. The molecule has 1 atom stereocenters. The Balaban J connectivity index is 2.09. The number of halogens is 4. The van der Waals surface area contributed by atoms with E-state index in [-0.39, 0.29) is 29.7 Å². The SMILES string of the molecule is CCOC(=O)Cc1csc(NC(=O)C(Nc2ccc(C(F)(F)F)cc2Cl)C(C)C)n1. The van der Waals surface area contributed by atoms with Crippen LogP contribution >= 0.6 is 22.9 Å². The highest BCUT2D eigenvalue weighted by atomic mass is 35.5. The van der Waals surface area contributed by atoms with E-state index in [2.05, 4.69) is 15.6 Å². The first kappa shape index (κ1) is 23.9. The molecule has 6 nitrogen and oxygen atoms in total. The molecule has 1 heterocycles. The van der Waals surface area contributed by atoms with Crippen LogP contribution in [0.5, 0.6) is 0 Å². The van der Waals surface area contributed by atoms with E-state index in [1.807, 2.05) is 0 Å². The third kappa shape index (κ3) is 6.60. The molecule has 30 heavy (non-hydrogen) atoms. The van der Waals surface area contributed by atoms with Crippen molar-refractivity contribution in [1.82, 2.24) is 4.98 Å². The molecule has 0 fully saturated rings. The Morgan fingerprint density at radius 1 is 1.30 bits per heavy atom. The van der Waals surface area contributed by atoms with E-state index in [4.69, 9.17) is 16.3 Å². The molecule has 0 aliphatic heterocycles. The molecule has 0 aliphatic carbocycles. The lowest BCUT2D eigenvalue weighted by molar-refractivity contribution is -0.142. The number of alkyl halides is 3. The van der Waals surface area contributed by atoms with Gasteiger partial charge in [-0.05, 0) is 31.0 Å². The van der Waals surface area contributed by atoms with Gasteiger partial charge in [-0.2, -0.15) is 13.2 Å². The molecule has 1 amide bonds. The molecule has 1 aromatic carbocycles. The minimum absolute atomic E-state index is 0.00671. The minimum atomic E-state index is -4.51. The summed E-state index contributed by atoms with van der Waals surface area (Å²) in [5, 5.41) is 7.34. The molecule has 2 aromatic rings. The standard InChI is InChI=1S/C19H21ClF3N3O3S/c1-4-29-15(27)8-12-9-30-18(24-12)26-17(28)16(10(2)3)25-14-6-5-11(7-13(14)20)19(21,22)23/h5-7,9-10,16,25H,4,8H2,1-3H3,(H,24,26,28). The number of ether oxygens (including phenoxy) is 1. The predicted octanol–water partition coefficient (Wildman–Crippen LogP) is 5.00. The molecule has 0 bridgehead atoms. The van der Waals surface area contributed by atoms with Crippen molar-refractivity contribution in [1.29, 1.82) is 0 Å². The lowest BCUT2D eigenvalue weighted by atomic mass is 10.0. The van der Waals surface area contributed by atoms with Crippen molar-refractivity contribution >= 4 is 45.6 Å². The number of nitrogens with one attached hydrogen (secondary N) is 2. The fraction of sp³-hybridized carbons (Fsp3) is 0.421. The number of anilines is 2. The first-order valence-electron chi connectivity index (χ1n) is 9.05. The van der Waals surface area contributed by atoms with E-state index < -0.39 is 29.7 Å². The van der Waals surface area contributed by atoms with Crippen LogP contribution in [0, 0.1) is 5.92 Å². The van der Waals surface area contributed by atoms with Gasteiger partial charge in [-0.1, -0.05) is 25.4 Å². The van der Waals surface area contributed by atoms with Crippen LogP contribution in [0.25, 0.3) is 0 Å². The van der Waals surface area contributed by atoms with Crippen LogP contribution in [0.3, 0.4) is 0 Å². The Labute approximate surface area is 180 Å². The second kappa shape index (κ2) is 10.1. The zero-order valence-electron chi connectivity index (χ0n) is 16.5. The summed E-state index contributed by atoms with van der Waals surface area (Å²) >= 11 is 7.13. The van der Waals surface area contributed by atoms with E-state index in [1.165, 1.54) is 6.07 Å². The van der Waals surface area contributed by atoms with E-state index in [9.17, 15) is 22.8 Å². The molecule has 164 valence electrons. The van der Waals surface area contributed by atoms with Crippen LogP contribution in [0.4, 0.5) is 24.0 Å². The van der Waals surface area contributed by atoms with Crippen LogP contribution in [0.2, 0.25) is 5.02 Å². The molecule has 2 rings (SSSR count). The third-order valence-electron chi connectivity index (χ3n) is 3.97. The van der Waals surface area contributed by atoms with Crippen LogP contribution in [-0.2, 0) is 26.9 Å². The lowest BCUT2D eigenvalue weighted by Crippen LogP contribution is -2.39. The largest absolute Gasteiger partial charge is 0.466 e. The van der Waals surface area contributed by atoms with Gasteiger partial charge in [-0.25, -0.2) is 4.98 Å². The highest BCUT2D eigenvalue weighted by Gasteiger charge is 2.31. The van der Waals surface area contributed by atoms with Gasteiger partial charge >= 0.3 is 12.1 Å². The smallest absolute Gasteiger partial charge is 0.416 e. The molecular formula is C19H21ClF3N3O3S. The number of hydrogen-bond donors (Lipinski definition) is 2. The summed E-state index contributed by atoms with van der Waals surface area (Å²) in [6.07, 6.45) is -4.52. The van der Waals surface area contributed by atoms with Gasteiger partial charge in [0, 0.05) is 5.38 Å². The fourth-order valence-electron chi connectivity index (χ4n) is 2.50. The summed E-state index contributed by atoms with van der Waals surface area (Å²) in [5.74, 6) is -1.06. The van der Waals surface area contributed by atoms with Crippen molar-refractivity contribution in [3.8, 4) is 0 Å². The summed E-state index contributed by atoms with van der Waals surface area (Å²) in [4.78, 5) is 28.4. The Bertz CT molecular complexity index is 903. The summed E-state index contributed by atoms with van der Waals surface area (Å²) in [6, 6.07) is 2.11. The molecule has 0 saturated carbocycles. The van der Waals surface area contributed by atoms with Gasteiger partial charge in [0.15, 0.2) is 5.13 Å². The van der Waals surface area contributed by atoms with Crippen molar-refractivity contribution in [2.75, 3.05) is 17.2 Å². The van der Waals surface area contributed by atoms with Crippen molar-refractivity contribution in [3.05, 3.63) is 39.9 Å². The van der Waals surface area contributed by atoms with E-state index in [0.717, 1.165) is 23.5 Å². The average Bonchev–Trinajstić information content (AvgIpc) is 3.06. The third-order valence-corrected chi connectivity index (χ3v) is 5.09. The quantitative estimate of drug-likeness (QED) is 0.539. The summed E-state index contributed by atoms with van der Waals surface area (Å²) < 4.78 is 43.3. The molecule has 0 saturated heterocycles. The van der Waals surface area contributed by atoms with Gasteiger partial charge in [-0.3, -0.25) is 9.59 Å². The highest BCUT2D eigenvalue weighted by Crippen LogP contribution is 2.34. The van der Waals surface area contributed by atoms with Gasteiger partial charge in [-0.15, -0.1) is 11.3 Å². The molecule has 2 N–H and O–H groups in total. The zero-order chi connectivity index (χ0) is 22.5. The van der Waals surface area contributed by atoms with Gasteiger partial charge in [0.05, 0.1) is 35.0 Å². The van der Waals surface area contributed by atoms with Crippen LogP contribution in [0.15, 0.2) is 23.6 Å². The van der Waals surface area contributed by atoms with Crippen molar-refractivity contribution in [2.24, 2.45) is 5.92 Å². The normalized spacial score (nSPS) is 12.5. The Kier molecular flexibility index (Phi) is 8.08. The van der Waals surface area contributed by atoms with Gasteiger partial charge in [0.1, 0.15) is 6.04 Å². The maximum absolute atomic E-state index is 12.8. The van der Waals surface area contributed by atoms with Gasteiger partial charge < -0.3 is 15.4 Å². The number of amides is 1. The molecule has 1 aromatic heterocycles. The monoisotopic (exact) mass is 463 g/mol. The topological polar surface area (TPSA) is 80.3 Å². The summed E-state index contributed by atoms with van der Waals surface area (Å²) in [5.41, 5.74) is -0.199. The van der Waals surface area contributed by atoms with Crippen LogP contribution < -0.4 is 10.6 Å². The summed E-state index contributed by atoms with van der Waals surface area (Å²) in [6.45, 7) is 5.53. The number of carbonyl (C=O) groups is 2. The molecule has 1 unspecified atom stereocenters. The first-order valence-corrected chi connectivity index (χ1v) is 10.3.